The number of hydrogen-bond acceptors (Lipinski definition) is 3. The Morgan fingerprint density at radius 2 is 1.50 bits per heavy atom. The van der Waals surface area contributed by atoms with Gasteiger partial charge >= 0.3 is 0 Å². The van der Waals surface area contributed by atoms with Crippen LogP contribution in [0, 0.1) is 0 Å². The Morgan fingerprint density at radius 3 is 2.09 bits per heavy atom. The van der Waals surface area contributed by atoms with E-state index >= 15 is 0 Å². The summed E-state index contributed by atoms with van der Waals surface area (Å²) in [5.74, 6) is 0.795. The predicted octanol–water partition coefficient (Wildman–Crippen LogP) is 5.16. The second-order valence-corrected chi connectivity index (χ2v) is 6.07. The van der Waals surface area contributed by atoms with E-state index in [0.717, 1.165) is 5.75 Å². The summed E-state index contributed by atoms with van der Waals surface area (Å²) in [6.45, 7) is 4.65. The molecule has 0 spiro atoms. The van der Waals surface area contributed by atoms with Gasteiger partial charge in [-0.15, -0.1) is 0 Å². The van der Waals surface area contributed by atoms with Crippen LogP contribution < -0.4 is 4.74 Å². The summed E-state index contributed by atoms with van der Waals surface area (Å²) < 4.78 is 15.4. The Morgan fingerprint density at radius 1 is 0.909 bits per heavy atom. The number of rotatable bonds is 7. The average Bonchev–Trinajstić information content (AvgIpc) is 2.53. The third-order valence-electron chi connectivity index (χ3n) is 3.50. The molecule has 0 aromatic heterocycles. The molecule has 0 aliphatic carbocycles. The molecular formula is C18H25O3P. The maximum atomic E-state index is 5.49. The highest BCUT2D eigenvalue weighted by Gasteiger charge is 2.22. The van der Waals surface area contributed by atoms with Gasteiger partial charge in [0.05, 0.1) is 0 Å². The van der Waals surface area contributed by atoms with E-state index in [1.807, 2.05) is 18.2 Å². The largest absolute Gasteiger partial charge is 0.467 e. The van der Waals surface area contributed by atoms with Crippen LogP contribution in [0.4, 0.5) is 0 Å². The van der Waals surface area contributed by atoms with Gasteiger partial charge in [0.2, 0.25) is 0 Å². The van der Waals surface area contributed by atoms with E-state index in [9.17, 15) is 0 Å². The average molecular weight is 320 g/mol. The van der Waals surface area contributed by atoms with Crippen LogP contribution in [0.3, 0.4) is 0 Å². The zero-order valence-electron chi connectivity index (χ0n) is 12.6. The van der Waals surface area contributed by atoms with Gasteiger partial charge in [0.15, 0.2) is 15.8 Å². The monoisotopic (exact) mass is 320 g/mol. The van der Waals surface area contributed by atoms with Gasteiger partial charge < -0.3 is 9.26 Å². The van der Waals surface area contributed by atoms with Gasteiger partial charge in [-0.2, -0.15) is 0 Å². The molecule has 2 aromatic rings. The van der Waals surface area contributed by atoms with Gasteiger partial charge in [0.25, 0.3) is 0 Å². The smallest absolute Gasteiger partial charge is 0.195 e. The van der Waals surface area contributed by atoms with E-state index in [1.54, 1.807) is 7.11 Å². The molecule has 22 heavy (non-hydrogen) atoms. The highest BCUT2D eigenvalue weighted by atomic mass is 31.1. The van der Waals surface area contributed by atoms with Crippen LogP contribution in [-0.2, 0) is 14.5 Å². The fraction of sp³-hybridized carbons (Fsp3) is 0.333. The molecule has 4 heteroatoms. The molecule has 1 atom stereocenters. The van der Waals surface area contributed by atoms with Crippen molar-refractivity contribution < 1.29 is 13.8 Å². The Bertz CT molecular complexity index is 538. The molecule has 3 nitrogen and oxygen atoms in total. The second kappa shape index (κ2) is 8.89. The lowest BCUT2D eigenvalue weighted by molar-refractivity contribution is 0.123. The molecule has 0 aliphatic rings. The standard InChI is InChI=1S/C17H21O3P.CH4/c1-17(2,14-7-5-4-6-8-14)15-9-11-16(12-10-15)19-13-20-21-18-3;/h4-12,21H,13H2,1-3H3;1H4. The van der Waals surface area contributed by atoms with Crippen LogP contribution in [0.5, 0.6) is 5.75 Å². The highest BCUT2D eigenvalue weighted by Crippen LogP contribution is 2.32. The van der Waals surface area contributed by atoms with Crippen LogP contribution in [0.15, 0.2) is 54.6 Å². The van der Waals surface area contributed by atoms with Gasteiger partial charge in [-0.05, 0) is 23.3 Å². The van der Waals surface area contributed by atoms with Crippen molar-refractivity contribution in [2.24, 2.45) is 0 Å². The second-order valence-electron chi connectivity index (χ2n) is 5.21. The van der Waals surface area contributed by atoms with E-state index in [-0.39, 0.29) is 28.7 Å². The minimum absolute atomic E-state index is 0. The quantitative estimate of drug-likeness (QED) is 0.401. The van der Waals surface area contributed by atoms with Crippen molar-refractivity contribution in [3.63, 3.8) is 0 Å². The predicted molar refractivity (Wildman–Crippen MR) is 93.6 cm³/mol. The summed E-state index contributed by atoms with van der Waals surface area (Å²) >= 11 is 0. The lowest BCUT2D eigenvalue weighted by Crippen LogP contribution is -2.18. The Balaban J connectivity index is 0.00000242. The summed E-state index contributed by atoms with van der Waals surface area (Å²) in [6.07, 6.45) is 0. The molecule has 0 fully saturated rings. The van der Waals surface area contributed by atoms with Crippen molar-refractivity contribution in [1.29, 1.82) is 0 Å². The van der Waals surface area contributed by atoms with E-state index in [0.29, 0.717) is 0 Å². The van der Waals surface area contributed by atoms with Crippen molar-refractivity contribution in [1.82, 2.24) is 0 Å². The Labute approximate surface area is 135 Å². The van der Waals surface area contributed by atoms with Crippen molar-refractivity contribution in [2.45, 2.75) is 26.7 Å². The minimum atomic E-state index is -0.0340. The lowest BCUT2D eigenvalue weighted by Gasteiger charge is -2.26. The molecule has 1 unspecified atom stereocenters. The van der Waals surface area contributed by atoms with Crippen molar-refractivity contribution in [3.05, 3.63) is 65.7 Å². The zero-order chi connectivity index (χ0) is 15.1. The number of hydrogen-bond donors (Lipinski definition) is 0. The normalized spacial score (nSPS) is 11.4. The van der Waals surface area contributed by atoms with Gasteiger partial charge in [-0.1, -0.05) is 63.7 Å². The number of benzene rings is 2. The SMILES string of the molecule is C.COPOCOc1ccc(C(C)(C)c2ccccc2)cc1. The fourth-order valence-corrected chi connectivity index (χ4v) is 2.39. The molecule has 0 radical (unpaired) electrons. The van der Waals surface area contributed by atoms with Gasteiger partial charge in [-0.3, -0.25) is 4.52 Å². The molecule has 0 aliphatic heterocycles. The van der Waals surface area contributed by atoms with Gasteiger partial charge in [-0.25, -0.2) is 0 Å². The zero-order valence-corrected chi connectivity index (χ0v) is 13.6. The summed E-state index contributed by atoms with van der Waals surface area (Å²) in [5, 5.41) is 0. The first-order valence-electron chi connectivity index (χ1n) is 6.83. The van der Waals surface area contributed by atoms with Crippen LogP contribution in [0.1, 0.15) is 32.4 Å². The highest BCUT2D eigenvalue weighted by molar-refractivity contribution is 7.26. The maximum Gasteiger partial charge on any atom is 0.195 e. The minimum Gasteiger partial charge on any atom is -0.467 e. The van der Waals surface area contributed by atoms with Crippen LogP contribution in [0.25, 0.3) is 0 Å². The molecule has 2 aromatic carbocycles. The molecular weight excluding hydrogens is 295 g/mol. The van der Waals surface area contributed by atoms with E-state index in [4.69, 9.17) is 13.8 Å². The van der Waals surface area contributed by atoms with E-state index < -0.39 is 0 Å². The van der Waals surface area contributed by atoms with Crippen LogP contribution >= 0.6 is 9.03 Å². The summed E-state index contributed by atoms with van der Waals surface area (Å²) in [7, 11) is 1.61. The van der Waals surface area contributed by atoms with Crippen LogP contribution in [-0.4, -0.2) is 13.9 Å². The summed E-state index contributed by atoms with van der Waals surface area (Å²) in [6, 6.07) is 18.6. The van der Waals surface area contributed by atoms with Crippen molar-refractivity contribution in [2.75, 3.05) is 13.9 Å². The molecule has 0 heterocycles. The lowest BCUT2D eigenvalue weighted by atomic mass is 9.78. The molecule has 0 bridgehead atoms. The molecule has 0 amide bonds. The van der Waals surface area contributed by atoms with E-state index in [1.165, 1.54) is 11.1 Å². The maximum absolute atomic E-state index is 5.49. The molecule has 120 valence electrons. The van der Waals surface area contributed by atoms with Crippen molar-refractivity contribution >= 4 is 9.03 Å². The van der Waals surface area contributed by atoms with Crippen LogP contribution in [0.2, 0.25) is 0 Å². The summed E-state index contributed by atoms with van der Waals surface area (Å²) in [4.78, 5) is 0. The third-order valence-corrected chi connectivity index (χ3v) is 3.90. The first-order valence-corrected chi connectivity index (χ1v) is 7.65. The topological polar surface area (TPSA) is 27.7 Å². The first-order chi connectivity index (χ1) is 10.1. The van der Waals surface area contributed by atoms with Gasteiger partial charge in [0.1, 0.15) is 5.75 Å². The first kappa shape index (κ1) is 18.6. The van der Waals surface area contributed by atoms with Crippen molar-refractivity contribution in [3.8, 4) is 5.75 Å². The Hall–Kier alpha value is -1.41. The molecule has 0 N–H and O–H groups in total. The number of ether oxygens (including phenoxy) is 1. The molecule has 0 saturated carbocycles. The van der Waals surface area contributed by atoms with Gasteiger partial charge in [0, 0.05) is 12.5 Å². The Kier molecular flexibility index (Phi) is 7.53. The summed E-state index contributed by atoms with van der Waals surface area (Å²) in [5.41, 5.74) is 2.51. The molecule has 2 rings (SSSR count). The fourth-order valence-electron chi connectivity index (χ4n) is 2.17. The molecule has 0 saturated heterocycles. The third kappa shape index (κ3) is 4.81. The van der Waals surface area contributed by atoms with E-state index in [2.05, 4.69) is 50.2 Å².